The molecule has 5 atom stereocenters. The monoisotopic (exact) mass is 451 g/mol. The first-order chi connectivity index (χ1) is 15.7. The van der Waals surface area contributed by atoms with Gasteiger partial charge in [-0.1, -0.05) is 24.6 Å². The van der Waals surface area contributed by atoms with Crippen LogP contribution >= 0.6 is 0 Å². The molecule has 0 amide bonds. The number of fused-ring (bicyclic) bond motifs is 4. The van der Waals surface area contributed by atoms with E-state index in [2.05, 4.69) is 50.2 Å². The van der Waals surface area contributed by atoms with E-state index in [0.29, 0.717) is 43.7 Å². The summed E-state index contributed by atoms with van der Waals surface area (Å²) in [6, 6.07) is 8.86. The quantitative estimate of drug-likeness (QED) is 0.667. The molecule has 178 valence electrons. The summed E-state index contributed by atoms with van der Waals surface area (Å²) in [6.45, 7) is 3.47. The van der Waals surface area contributed by atoms with E-state index in [4.69, 9.17) is 9.47 Å². The van der Waals surface area contributed by atoms with Crippen molar-refractivity contribution in [1.82, 2.24) is 0 Å². The lowest BCUT2D eigenvalue weighted by Crippen LogP contribution is -2.53. The van der Waals surface area contributed by atoms with Gasteiger partial charge in [0.15, 0.2) is 5.79 Å². The number of hydrogen-bond acceptors (Lipinski definition) is 5. The van der Waals surface area contributed by atoms with Crippen molar-refractivity contribution in [3.05, 3.63) is 41.0 Å². The average molecular weight is 452 g/mol. The van der Waals surface area contributed by atoms with Crippen LogP contribution in [-0.4, -0.2) is 49.6 Å². The first kappa shape index (κ1) is 21.8. The summed E-state index contributed by atoms with van der Waals surface area (Å²) in [5.41, 5.74) is 4.05. The smallest absolute Gasteiger partial charge is 0.171 e. The van der Waals surface area contributed by atoms with Crippen LogP contribution in [0, 0.1) is 17.3 Å². The van der Waals surface area contributed by atoms with Crippen molar-refractivity contribution in [1.29, 1.82) is 0 Å². The van der Waals surface area contributed by atoms with Crippen LogP contribution in [0.25, 0.3) is 0 Å². The van der Waals surface area contributed by atoms with Crippen LogP contribution < -0.4 is 4.90 Å². The summed E-state index contributed by atoms with van der Waals surface area (Å²) >= 11 is 0. The molecular formula is C28H37NO4. The highest BCUT2D eigenvalue weighted by atomic mass is 16.7. The van der Waals surface area contributed by atoms with Crippen LogP contribution in [0.5, 0.6) is 0 Å². The predicted octanol–water partition coefficient (Wildman–Crippen LogP) is 4.59. The molecule has 2 unspecified atom stereocenters. The maximum atomic E-state index is 13.1. The number of allylic oxidation sites excluding steroid dienone is 1. The summed E-state index contributed by atoms with van der Waals surface area (Å²) in [4.78, 5) is 15.3. The van der Waals surface area contributed by atoms with E-state index in [1.165, 1.54) is 22.4 Å². The van der Waals surface area contributed by atoms with Crippen molar-refractivity contribution in [2.75, 3.05) is 32.2 Å². The second-order valence-electron chi connectivity index (χ2n) is 11.6. The van der Waals surface area contributed by atoms with Crippen molar-refractivity contribution >= 4 is 11.5 Å². The zero-order valence-corrected chi connectivity index (χ0v) is 20.2. The van der Waals surface area contributed by atoms with Gasteiger partial charge in [-0.25, -0.2) is 0 Å². The van der Waals surface area contributed by atoms with E-state index in [1.54, 1.807) is 0 Å². The number of hydrogen-bond donors (Lipinski definition) is 1. The molecule has 1 heterocycles. The molecular weight excluding hydrogens is 414 g/mol. The van der Waals surface area contributed by atoms with Gasteiger partial charge in [0.2, 0.25) is 0 Å². The zero-order valence-electron chi connectivity index (χ0n) is 20.2. The molecule has 33 heavy (non-hydrogen) atoms. The Morgan fingerprint density at radius 1 is 1.03 bits per heavy atom. The predicted molar refractivity (Wildman–Crippen MR) is 127 cm³/mol. The fraction of sp³-hybridized carbons (Fsp3) is 0.679. The van der Waals surface area contributed by atoms with E-state index in [0.717, 1.165) is 38.5 Å². The Labute approximate surface area is 197 Å². The molecule has 5 nitrogen and oxygen atoms in total. The Kier molecular flexibility index (Phi) is 4.89. The number of carbonyl (C=O) groups is 1. The van der Waals surface area contributed by atoms with Crippen molar-refractivity contribution in [3.8, 4) is 0 Å². The number of Topliss-reactive ketones (excluding diaryl/α,β-unsaturated/α-hetero) is 1. The molecule has 1 aromatic rings. The lowest BCUT2D eigenvalue weighted by Gasteiger charge is -2.55. The number of ketones is 1. The van der Waals surface area contributed by atoms with Gasteiger partial charge >= 0.3 is 0 Å². The Hall–Kier alpha value is -1.69. The van der Waals surface area contributed by atoms with Gasteiger partial charge in [-0.15, -0.1) is 0 Å². The third kappa shape index (κ3) is 3.19. The molecule has 1 saturated heterocycles. The Bertz CT molecular complexity index is 992. The first-order valence-corrected chi connectivity index (χ1v) is 12.8. The number of ether oxygens (including phenoxy) is 2. The van der Waals surface area contributed by atoms with Crippen molar-refractivity contribution in [3.63, 3.8) is 0 Å². The van der Waals surface area contributed by atoms with E-state index in [1.807, 2.05) is 0 Å². The topological polar surface area (TPSA) is 59.0 Å². The number of carbonyl (C=O) groups excluding carboxylic acids is 1. The molecule has 4 aliphatic carbocycles. The minimum Gasteiger partial charge on any atom is -0.385 e. The maximum Gasteiger partial charge on any atom is 0.171 e. The minimum absolute atomic E-state index is 0.191. The fourth-order valence-corrected chi connectivity index (χ4v) is 8.09. The van der Waals surface area contributed by atoms with Gasteiger partial charge in [0, 0.05) is 50.4 Å². The maximum absolute atomic E-state index is 13.1. The van der Waals surface area contributed by atoms with Crippen LogP contribution in [0.1, 0.15) is 69.8 Å². The van der Waals surface area contributed by atoms with E-state index in [-0.39, 0.29) is 11.3 Å². The summed E-state index contributed by atoms with van der Waals surface area (Å²) in [7, 11) is 4.12. The number of nitrogens with zero attached hydrogens (tertiary/aromatic N) is 1. The second-order valence-corrected chi connectivity index (χ2v) is 11.6. The Balaban J connectivity index is 1.46. The van der Waals surface area contributed by atoms with Gasteiger partial charge in [-0.2, -0.15) is 0 Å². The van der Waals surface area contributed by atoms with Crippen molar-refractivity contribution in [2.24, 2.45) is 17.3 Å². The van der Waals surface area contributed by atoms with Crippen LogP contribution in [0.15, 0.2) is 35.4 Å². The van der Waals surface area contributed by atoms with E-state index >= 15 is 0 Å². The van der Waals surface area contributed by atoms with Crippen LogP contribution in [0.2, 0.25) is 0 Å². The third-order valence-corrected chi connectivity index (χ3v) is 9.75. The van der Waals surface area contributed by atoms with Crippen LogP contribution in [0.3, 0.4) is 0 Å². The Morgan fingerprint density at radius 2 is 1.76 bits per heavy atom. The molecule has 5 heteroatoms. The third-order valence-electron chi connectivity index (χ3n) is 9.75. The van der Waals surface area contributed by atoms with Gasteiger partial charge in [-0.3, -0.25) is 4.79 Å². The molecule has 6 rings (SSSR count). The molecule has 4 fully saturated rings. The largest absolute Gasteiger partial charge is 0.385 e. The van der Waals surface area contributed by atoms with Crippen LogP contribution in [-0.2, 0) is 14.3 Å². The van der Waals surface area contributed by atoms with Gasteiger partial charge in [0.1, 0.15) is 5.78 Å². The molecule has 3 saturated carbocycles. The molecule has 0 aromatic heterocycles. The highest BCUT2D eigenvalue weighted by Gasteiger charge is 2.60. The van der Waals surface area contributed by atoms with Crippen molar-refractivity contribution in [2.45, 2.75) is 75.6 Å². The molecule has 1 spiro atoms. The van der Waals surface area contributed by atoms with Crippen molar-refractivity contribution < 1.29 is 19.4 Å². The SMILES string of the molecule is CN(C)c1ccc([C@H]2C[C@]3(C)C(=O)CCC3C3CC[C@@]4(O)CC5(CCC4=C32)OCCO5)cc1. The van der Waals surface area contributed by atoms with Gasteiger partial charge in [-0.05, 0) is 67.2 Å². The molecule has 0 radical (unpaired) electrons. The molecule has 1 N–H and O–H groups in total. The lowest BCUT2D eigenvalue weighted by atomic mass is 9.51. The number of anilines is 1. The summed E-state index contributed by atoms with van der Waals surface area (Å²) in [5.74, 6) is 0.826. The highest BCUT2D eigenvalue weighted by Crippen LogP contribution is 2.64. The first-order valence-electron chi connectivity index (χ1n) is 12.8. The summed E-state index contributed by atoms with van der Waals surface area (Å²) < 4.78 is 12.0. The van der Waals surface area contributed by atoms with E-state index < -0.39 is 11.4 Å². The average Bonchev–Trinajstić information content (AvgIpc) is 3.36. The highest BCUT2D eigenvalue weighted by molar-refractivity contribution is 5.87. The molecule has 5 aliphatic rings. The van der Waals surface area contributed by atoms with Gasteiger partial charge < -0.3 is 19.5 Å². The van der Waals surface area contributed by atoms with E-state index in [9.17, 15) is 9.90 Å². The lowest BCUT2D eigenvalue weighted by molar-refractivity contribution is -0.208. The van der Waals surface area contributed by atoms with Gasteiger partial charge in [0.25, 0.3) is 0 Å². The normalized spacial score (nSPS) is 39.4. The molecule has 1 aliphatic heterocycles. The molecule has 0 bridgehead atoms. The summed E-state index contributed by atoms with van der Waals surface area (Å²) in [5, 5.41) is 12.0. The summed E-state index contributed by atoms with van der Waals surface area (Å²) in [6.07, 6.45) is 6.45. The second kappa shape index (κ2) is 7.40. The standard InChI is InChI=1S/C28H37NO4/c1-26-16-21(18-4-6-19(7-5-18)29(2)3)25-20(22(26)8-9-24(26)30)10-12-27(31)17-28(13-11-23(25)27)32-14-15-33-28/h4-7,20-22,31H,8-17H2,1-3H3/t20?,21-,22?,26+,27-/m1/s1. The Morgan fingerprint density at radius 3 is 2.45 bits per heavy atom. The van der Waals surface area contributed by atoms with Crippen LogP contribution in [0.4, 0.5) is 5.69 Å². The van der Waals surface area contributed by atoms with Gasteiger partial charge in [0.05, 0.1) is 18.8 Å². The number of rotatable bonds is 2. The molecule has 1 aromatic carbocycles. The number of benzene rings is 1. The minimum atomic E-state index is -0.855. The number of aliphatic hydroxyl groups is 1. The fourth-order valence-electron chi connectivity index (χ4n) is 8.09. The zero-order chi connectivity index (χ0) is 23.0.